The standard InChI is InChI=1S/C37H49N9O9/c1-20(2)13-25(41-36(54)28-11-8-12-45(28)21(3)48)33(51)40-26(14-23-17-39-19-46(23)37(4)16-24(37)22-9-6-5-7-10-22)34(52)42-27(18-47)35(53)43-31(32(38)50)29-15-30(49)44-55-29/h5-7,9-10,16-17,19-20,25-29,31,47H,8,11-15,18H2,1-4H3,(H2,38,50)(H,40,51)(H,41,54)(H,42,52)(H,43,53)(H,44,49)/t25-,26-,27-,28-,29-,31-,37?/m0/s1. The first-order valence-electron chi connectivity index (χ1n) is 18.2. The van der Waals surface area contributed by atoms with E-state index in [1.54, 1.807) is 12.5 Å². The van der Waals surface area contributed by atoms with E-state index in [1.165, 1.54) is 11.8 Å². The summed E-state index contributed by atoms with van der Waals surface area (Å²) in [6.07, 6.45) is 5.04. The van der Waals surface area contributed by atoms with Gasteiger partial charge in [0.2, 0.25) is 41.3 Å². The fourth-order valence-corrected chi connectivity index (χ4v) is 7.04. The Morgan fingerprint density at radius 1 is 1.00 bits per heavy atom. The van der Waals surface area contributed by atoms with Gasteiger partial charge in [0.15, 0.2) is 6.10 Å². The van der Waals surface area contributed by atoms with E-state index in [0.29, 0.717) is 25.1 Å². The Morgan fingerprint density at radius 3 is 2.29 bits per heavy atom. The van der Waals surface area contributed by atoms with Crippen molar-refractivity contribution < 1.29 is 43.8 Å². The van der Waals surface area contributed by atoms with E-state index in [2.05, 4.69) is 31.4 Å². The van der Waals surface area contributed by atoms with Crippen molar-refractivity contribution in [2.75, 3.05) is 13.2 Å². The topological polar surface area (TPSA) is 260 Å². The van der Waals surface area contributed by atoms with E-state index in [1.807, 2.05) is 61.7 Å². The van der Waals surface area contributed by atoms with Crippen molar-refractivity contribution >= 4 is 46.9 Å². The Kier molecular flexibility index (Phi) is 12.6. The number of aliphatic hydroxyl groups is 2. The van der Waals surface area contributed by atoms with Crippen LogP contribution in [-0.2, 0) is 45.6 Å². The smallest absolute Gasteiger partial charge is 0.245 e. The lowest BCUT2D eigenvalue weighted by Gasteiger charge is -2.29. The minimum absolute atomic E-state index is 0.0635. The number of hydrogen-bond acceptors (Lipinski definition) is 10. The van der Waals surface area contributed by atoms with Gasteiger partial charge in [-0.3, -0.25) is 28.8 Å². The van der Waals surface area contributed by atoms with Gasteiger partial charge in [-0.05, 0) is 49.3 Å². The third kappa shape index (κ3) is 9.48. The van der Waals surface area contributed by atoms with Crippen LogP contribution in [-0.4, -0.2) is 115 Å². The van der Waals surface area contributed by atoms with Crippen molar-refractivity contribution in [2.24, 2.45) is 16.8 Å². The summed E-state index contributed by atoms with van der Waals surface area (Å²) in [5, 5.41) is 33.5. The number of hydrogen-bond donors (Lipinski definition) is 7. The monoisotopic (exact) mass is 763 g/mol. The molecule has 296 valence electrons. The molecule has 1 aromatic heterocycles. The minimum atomic E-state index is -1.62. The van der Waals surface area contributed by atoms with Crippen LogP contribution in [0.15, 0.2) is 54.1 Å². The summed E-state index contributed by atoms with van der Waals surface area (Å²) in [5.74, 6) is -4.77. The van der Waals surface area contributed by atoms with Crippen LogP contribution >= 0.6 is 0 Å². The average molecular weight is 764 g/mol. The molecule has 3 aliphatic rings. The molecular formula is C37H49N9O9. The third-order valence-electron chi connectivity index (χ3n) is 10.0. The predicted octanol–water partition coefficient (Wildman–Crippen LogP) is -0.628. The van der Waals surface area contributed by atoms with Crippen molar-refractivity contribution in [1.29, 1.82) is 0 Å². The van der Waals surface area contributed by atoms with Gasteiger partial charge in [-0.25, -0.2) is 4.98 Å². The largest absolute Gasteiger partial charge is 0.494 e. The van der Waals surface area contributed by atoms with Crippen molar-refractivity contribution in [3.8, 4) is 0 Å². The summed E-state index contributed by atoms with van der Waals surface area (Å²) < 4.78 is 1.87. The number of aromatic nitrogens is 2. The Bertz CT molecular complexity index is 1850. The van der Waals surface area contributed by atoms with Gasteiger partial charge < -0.3 is 51.5 Å². The first-order valence-corrected chi connectivity index (χ1v) is 18.2. The summed E-state index contributed by atoms with van der Waals surface area (Å²) in [7, 11) is 0. The van der Waals surface area contributed by atoms with Crippen molar-refractivity contribution in [3.63, 3.8) is 0 Å². The fourth-order valence-electron chi connectivity index (χ4n) is 7.04. The number of oxime groups is 1. The number of benzene rings is 1. The SMILES string of the molecule is CC(=O)N1CCC[C@H]1C(=O)N[C@@H](CC(C)C)C(=O)N[C@@H](Cc1cncn1C1(C)C=C1c1ccccc1)C(=O)N[C@@H](CO)C(=O)N[C@H](C(N)=O)[C@@H]1CC(O)=NO1. The number of likely N-dealkylation sites (tertiary alicyclic amines) is 1. The second kappa shape index (κ2) is 17.1. The molecule has 7 atom stereocenters. The molecule has 1 saturated heterocycles. The van der Waals surface area contributed by atoms with E-state index in [9.17, 15) is 39.0 Å². The van der Waals surface area contributed by atoms with Gasteiger partial charge in [0.05, 0.1) is 24.9 Å². The molecule has 5 rings (SSSR count). The molecule has 1 unspecified atom stereocenters. The maximum atomic E-state index is 14.1. The predicted molar refractivity (Wildman–Crippen MR) is 197 cm³/mol. The van der Waals surface area contributed by atoms with E-state index in [4.69, 9.17) is 10.6 Å². The summed E-state index contributed by atoms with van der Waals surface area (Å²) in [6, 6.07) is 3.44. The lowest BCUT2D eigenvalue weighted by molar-refractivity contribution is -0.139. The number of primary amides is 1. The maximum absolute atomic E-state index is 14.1. The number of rotatable bonds is 17. The Morgan fingerprint density at radius 2 is 1.67 bits per heavy atom. The Labute approximate surface area is 317 Å². The first-order chi connectivity index (χ1) is 26.1. The Hall–Kier alpha value is -5.78. The van der Waals surface area contributed by atoms with Gasteiger partial charge in [0, 0.05) is 31.8 Å². The molecular weight excluding hydrogens is 714 g/mol. The number of nitrogens with two attached hydrogens (primary N) is 1. The molecule has 1 fully saturated rings. The molecule has 18 heteroatoms. The minimum Gasteiger partial charge on any atom is -0.494 e. The molecule has 8 N–H and O–H groups in total. The molecule has 0 saturated carbocycles. The summed E-state index contributed by atoms with van der Waals surface area (Å²) in [4.78, 5) is 90.1. The number of nitrogens with one attached hydrogen (secondary N) is 4. The molecule has 3 heterocycles. The second-order valence-corrected chi connectivity index (χ2v) is 14.6. The lowest BCUT2D eigenvalue weighted by atomic mass is 10.0. The van der Waals surface area contributed by atoms with E-state index >= 15 is 0 Å². The van der Waals surface area contributed by atoms with Crippen LogP contribution in [0.1, 0.15) is 64.6 Å². The van der Waals surface area contributed by atoms with Gasteiger partial charge in [-0.2, -0.15) is 0 Å². The highest BCUT2D eigenvalue weighted by Crippen LogP contribution is 2.49. The molecule has 2 aliphatic heterocycles. The van der Waals surface area contributed by atoms with Gasteiger partial charge in [-0.15, -0.1) is 0 Å². The highest BCUT2D eigenvalue weighted by atomic mass is 16.7. The highest BCUT2D eigenvalue weighted by Gasteiger charge is 2.44. The number of carbonyl (C=O) groups is 6. The van der Waals surface area contributed by atoms with Gasteiger partial charge >= 0.3 is 0 Å². The van der Waals surface area contributed by atoms with E-state index < -0.39 is 83.9 Å². The first kappa shape index (κ1) is 40.4. The number of nitrogens with zero attached hydrogens (tertiary/aromatic N) is 4. The van der Waals surface area contributed by atoms with Crippen LogP contribution in [0.25, 0.3) is 5.57 Å². The number of carbonyl (C=O) groups excluding carboxylic acids is 6. The van der Waals surface area contributed by atoms with Gasteiger partial charge in [-0.1, -0.05) is 49.3 Å². The second-order valence-electron chi connectivity index (χ2n) is 14.6. The van der Waals surface area contributed by atoms with Crippen LogP contribution < -0.4 is 27.0 Å². The van der Waals surface area contributed by atoms with Gasteiger partial charge in [0.1, 0.15) is 30.2 Å². The zero-order valence-corrected chi connectivity index (χ0v) is 31.2. The lowest BCUT2D eigenvalue weighted by Crippen LogP contribution is -2.61. The quantitative estimate of drug-likeness (QED) is 0.107. The fraction of sp³-hybridized carbons (Fsp3) is 0.514. The van der Waals surface area contributed by atoms with Crippen LogP contribution in [0, 0.1) is 5.92 Å². The van der Waals surface area contributed by atoms with Crippen LogP contribution in [0.4, 0.5) is 0 Å². The maximum Gasteiger partial charge on any atom is 0.245 e. The average Bonchev–Trinajstić information content (AvgIpc) is 3.61. The van der Waals surface area contributed by atoms with E-state index in [-0.39, 0.29) is 31.1 Å². The molecule has 1 aliphatic carbocycles. The summed E-state index contributed by atoms with van der Waals surface area (Å²) in [5.41, 5.74) is 7.45. The van der Waals surface area contributed by atoms with E-state index in [0.717, 1.165) is 11.1 Å². The summed E-state index contributed by atoms with van der Waals surface area (Å²) in [6.45, 7) is 6.62. The number of allylic oxidation sites excluding steroid dienone is 2. The molecule has 0 radical (unpaired) electrons. The number of amides is 6. The molecule has 6 amide bonds. The number of imidazole rings is 1. The zero-order chi connectivity index (χ0) is 40.0. The molecule has 55 heavy (non-hydrogen) atoms. The summed E-state index contributed by atoms with van der Waals surface area (Å²) >= 11 is 0. The van der Waals surface area contributed by atoms with Crippen molar-refractivity contribution in [3.05, 3.63) is 60.2 Å². The van der Waals surface area contributed by atoms with Crippen LogP contribution in [0.2, 0.25) is 0 Å². The molecule has 1 aromatic carbocycles. The van der Waals surface area contributed by atoms with Crippen LogP contribution in [0.5, 0.6) is 0 Å². The van der Waals surface area contributed by atoms with Gasteiger partial charge in [0.25, 0.3) is 0 Å². The number of aliphatic hydroxyl groups excluding tert-OH is 2. The molecule has 18 nitrogen and oxygen atoms in total. The third-order valence-corrected chi connectivity index (χ3v) is 10.0. The van der Waals surface area contributed by atoms with Crippen molar-refractivity contribution in [1.82, 2.24) is 35.7 Å². The van der Waals surface area contributed by atoms with Crippen LogP contribution in [0.3, 0.4) is 0 Å². The molecule has 2 aromatic rings. The normalized spacial score (nSPS) is 22.3. The Balaban J connectivity index is 1.38. The van der Waals surface area contributed by atoms with Crippen molar-refractivity contribution in [2.45, 2.75) is 102 Å². The zero-order valence-electron chi connectivity index (χ0n) is 31.2. The highest BCUT2D eigenvalue weighted by molar-refractivity contribution is 5.97. The molecule has 0 spiro atoms. The molecule has 0 bridgehead atoms.